The molecule has 0 aromatic heterocycles. The van der Waals surface area contributed by atoms with Crippen LogP contribution in [0.3, 0.4) is 0 Å². The Kier molecular flexibility index (Phi) is 3.78. The number of amides is 4. The van der Waals surface area contributed by atoms with Gasteiger partial charge in [0.15, 0.2) is 0 Å². The van der Waals surface area contributed by atoms with Crippen LogP contribution in [-0.2, 0) is 9.59 Å². The van der Waals surface area contributed by atoms with Crippen LogP contribution in [0.25, 0.3) is 0 Å². The van der Waals surface area contributed by atoms with Gasteiger partial charge in [0.05, 0.1) is 11.1 Å². The molecule has 25 heavy (non-hydrogen) atoms. The highest BCUT2D eigenvalue weighted by Crippen LogP contribution is 2.31. The molecule has 4 rings (SSSR count). The molecule has 7 nitrogen and oxygen atoms in total. The van der Waals surface area contributed by atoms with Crippen molar-refractivity contribution in [3.05, 3.63) is 35.7 Å². The van der Waals surface area contributed by atoms with Crippen molar-refractivity contribution in [2.75, 3.05) is 18.0 Å². The number of fused-ring (bicyclic) bond motifs is 1. The summed E-state index contributed by atoms with van der Waals surface area (Å²) in [4.78, 5) is 52.0. The molecule has 0 aliphatic carbocycles. The van der Waals surface area contributed by atoms with Gasteiger partial charge >= 0.3 is 0 Å². The molecule has 1 radical (unpaired) electrons. The zero-order chi connectivity index (χ0) is 17.6. The number of carbonyl (C=O) groups excluding carboxylic acids is 4. The zero-order valence-corrected chi connectivity index (χ0v) is 13.7. The molecule has 1 aromatic carbocycles. The van der Waals surface area contributed by atoms with Gasteiger partial charge in [0, 0.05) is 25.2 Å². The number of hydrogen-bond acceptors (Lipinski definition) is 5. The lowest BCUT2D eigenvalue weighted by atomic mass is 10.0. The molecule has 129 valence electrons. The number of imide groups is 2. The monoisotopic (exact) mass is 340 g/mol. The van der Waals surface area contributed by atoms with Crippen LogP contribution in [0.5, 0.6) is 0 Å². The second-order valence-corrected chi connectivity index (χ2v) is 6.53. The number of anilines is 1. The molecule has 0 bridgehead atoms. The third-order valence-electron chi connectivity index (χ3n) is 4.99. The van der Waals surface area contributed by atoms with Gasteiger partial charge in [-0.1, -0.05) is 0 Å². The summed E-state index contributed by atoms with van der Waals surface area (Å²) < 4.78 is 0. The second kappa shape index (κ2) is 5.98. The van der Waals surface area contributed by atoms with Crippen molar-refractivity contribution in [3.63, 3.8) is 0 Å². The number of hydrogen-bond donors (Lipinski definition) is 1. The average Bonchev–Trinajstić information content (AvgIpc) is 2.87. The number of rotatable bonds is 2. The van der Waals surface area contributed by atoms with Crippen molar-refractivity contribution in [1.82, 2.24) is 10.2 Å². The van der Waals surface area contributed by atoms with E-state index in [-0.39, 0.29) is 18.7 Å². The molecule has 0 spiro atoms. The molecule has 1 N–H and O–H groups in total. The van der Waals surface area contributed by atoms with Crippen LogP contribution < -0.4 is 10.2 Å². The smallest absolute Gasteiger partial charge is 0.262 e. The molecule has 3 aliphatic rings. The van der Waals surface area contributed by atoms with Crippen LogP contribution >= 0.6 is 0 Å². The fourth-order valence-corrected chi connectivity index (χ4v) is 3.66. The SMILES string of the molecule is O=C1CCC(N2C(=O)c3ccc(N4CC[CH]CC4)cc3C2=O)C(=O)N1. The highest BCUT2D eigenvalue weighted by atomic mass is 16.2. The van der Waals surface area contributed by atoms with Crippen molar-refractivity contribution in [2.45, 2.75) is 31.7 Å². The average molecular weight is 340 g/mol. The first-order valence-electron chi connectivity index (χ1n) is 8.48. The molecule has 1 atom stereocenters. The quantitative estimate of drug-likeness (QED) is 0.808. The maximum absolute atomic E-state index is 12.8. The zero-order valence-electron chi connectivity index (χ0n) is 13.7. The van der Waals surface area contributed by atoms with E-state index in [1.165, 1.54) is 0 Å². The minimum Gasteiger partial charge on any atom is -0.371 e. The first-order valence-corrected chi connectivity index (χ1v) is 8.48. The minimum absolute atomic E-state index is 0.124. The van der Waals surface area contributed by atoms with Crippen molar-refractivity contribution in [1.29, 1.82) is 0 Å². The maximum atomic E-state index is 12.8. The standard InChI is InChI=1S/C18H18N3O4/c22-15-7-6-14(16(23)19-15)21-17(24)12-5-4-11(10-13(12)18(21)25)20-8-2-1-3-9-20/h1,4-5,10,14H,2-3,6-9H2,(H,19,22,23). The van der Waals surface area contributed by atoms with Gasteiger partial charge in [0.1, 0.15) is 6.04 Å². The van der Waals surface area contributed by atoms with Crippen LogP contribution in [-0.4, -0.2) is 47.7 Å². The predicted octanol–water partition coefficient (Wildman–Crippen LogP) is 0.892. The van der Waals surface area contributed by atoms with Crippen LogP contribution in [0.4, 0.5) is 5.69 Å². The molecule has 1 aromatic rings. The highest BCUT2D eigenvalue weighted by Gasteiger charge is 2.44. The van der Waals surface area contributed by atoms with Crippen LogP contribution in [0.15, 0.2) is 18.2 Å². The van der Waals surface area contributed by atoms with E-state index >= 15 is 0 Å². The van der Waals surface area contributed by atoms with Gasteiger partial charge in [-0.3, -0.25) is 29.4 Å². The number of benzene rings is 1. The number of carbonyl (C=O) groups is 4. The number of piperidine rings is 2. The van der Waals surface area contributed by atoms with Crippen molar-refractivity contribution < 1.29 is 19.2 Å². The van der Waals surface area contributed by atoms with Gasteiger partial charge in [-0.15, -0.1) is 0 Å². The molecule has 1 unspecified atom stereocenters. The lowest BCUT2D eigenvalue weighted by Gasteiger charge is -2.29. The molecule has 7 heteroatoms. The summed E-state index contributed by atoms with van der Waals surface area (Å²) in [6.07, 6.45) is 4.52. The Bertz CT molecular complexity index is 783. The Balaban J connectivity index is 1.63. The molecule has 4 amide bonds. The third kappa shape index (κ3) is 2.59. The summed E-state index contributed by atoms with van der Waals surface area (Å²) in [6, 6.07) is 4.34. The third-order valence-corrected chi connectivity index (χ3v) is 4.99. The van der Waals surface area contributed by atoms with E-state index in [4.69, 9.17) is 0 Å². The predicted molar refractivity (Wildman–Crippen MR) is 88.9 cm³/mol. The Labute approximate surface area is 145 Å². The Hall–Kier alpha value is -2.70. The van der Waals surface area contributed by atoms with Crippen molar-refractivity contribution in [3.8, 4) is 0 Å². The van der Waals surface area contributed by atoms with Gasteiger partial charge in [-0.2, -0.15) is 0 Å². The lowest BCUT2D eigenvalue weighted by molar-refractivity contribution is -0.136. The van der Waals surface area contributed by atoms with Crippen molar-refractivity contribution in [2.24, 2.45) is 0 Å². The largest absolute Gasteiger partial charge is 0.371 e. The number of nitrogens with one attached hydrogen (secondary N) is 1. The van der Waals surface area contributed by atoms with Crippen LogP contribution in [0.1, 0.15) is 46.4 Å². The molecule has 2 fully saturated rings. The van der Waals surface area contributed by atoms with Gasteiger partial charge in [0.25, 0.3) is 11.8 Å². The van der Waals surface area contributed by atoms with E-state index in [0.717, 1.165) is 36.5 Å². The Morgan fingerprint density at radius 2 is 1.68 bits per heavy atom. The Morgan fingerprint density at radius 3 is 2.40 bits per heavy atom. The van der Waals surface area contributed by atoms with E-state index in [1.54, 1.807) is 12.1 Å². The summed E-state index contributed by atoms with van der Waals surface area (Å²) in [5.41, 5.74) is 1.57. The fraction of sp³-hybridized carbons (Fsp3) is 0.389. The number of nitrogens with zero attached hydrogens (tertiary/aromatic N) is 2. The minimum atomic E-state index is -0.918. The first-order chi connectivity index (χ1) is 12.1. The summed E-state index contributed by atoms with van der Waals surface area (Å²) >= 11 is 0. The van der Waals surface area contributed by atoms with E-state index in [9.17, 15) is 19.2 Å². The van der Waals surface area contributed by atoms with E-state index in [2.05, 4.69) is 16.6 Å². The van der Waals surface area contributed by atoms with Gasteiger partial charge in [0.2, 0.25) is 11.8 Å². The summed E-state index contributed by atoms with van der Waals surface area (Å²) in [5, 5.41) is 2.20. The molecule has 3 heterocycles. The molecule has 3 aliphatic heterocycles. The van der Waals surface area contributed by atoms with Gasteiger partial charge in [-0.05, 0) is 43.9 Å². The normalized spacial score (nSPS) is 23.8. The van der Waals surface area contributed by atoms with Crippen LogP contribution in [0, 0.1) is 6.42 Å². The second-order valence-electron chi connectivity index (χ2n) is 6.53. The molecular formula is C18H18N3O4. The summed E-state index contributed by atoms with van der Waals surface area (Å²) in [7, 11) is 0. The molecular weight excluding hydrogens is 322 g/mol. The first kappa shape index (κ1) is 15.8. The van der Waals surface area contributed by atoms with Gasteiger partial charge in [-0.25, -0.2) is 0 Å². The summed E-state index contributed by atoms with van der Waals surface area (Å²) in [6.45, 7) is 1.77. The highest BCUT2D eigenvalue weighted by molar-refractivity contribution is 6.23. The van der Waals surface area contributed by atoms with Gasteiger partial charge < -0.3 is 4.90 Å². The maximum Gasteiger partial charge on any atom is 0.262 e. The van der Waals surface area contributed by atoms with E-state index in [0.29, 0.717) is 11.1 Å². The lowest BCUT2D eigenvalue weighted by Crippen LogP contribution is -2.54. The Morgan fingerprint density at radius 1 is 0.960 bits per heavy atom. The topological polar surface area (TPSA) is 86.8 Å². The van der Waals surface area contributed by atoms with E-state index in [1.807, 2.05) is 6.07 Å². The molecule has 0 saturated carbocycles. The summed E-state index contributed by atoms with van der Waals surface area (Å²) in [5.74, 6) is -1.88. The van der Waals surface area contributed by atoms with E-state index < -0.39 is 23.8 Å². The fourth-order valence-electron chi connectivity index (χ4n) is 3.66. The van der Waals surface area contributed by atoms with Crippen molar-refractivity contribution >= 4 is 29.3 Å². The van der Waals surface area contributed by atoms with Crippen LogP contribution in [0.2, 0.25) is 0 Å². The molecule has 2 saturated heterocycles.